The molecule has 0 spiro atoms. The van der Waals surface area contributed by atoms with Crippen molar-refractivity contribution >= 4 is 17.6 Å². The van der Waals surface area contributed by atoms with E-state index in [4.69, 9.17) is 0 Å². The van der Waals surface area contributed by atoms with Crippen LogP contribution in [0.25, 0.3) is 0 Å². The second kappa shape index (κ2) is 7.25. The number of nitro groups is 1. The van der Waals surface area contributed by atoms with Crippen LogP contribution in [0.1, 0.15) is 56.2 Å². The number of phenols is 1. The van der Waals surface area contributed by atoms with Crippen molar-refractivity contribution in [3.8, 4) is 5.75 Å². The Bertz CT molecular complexity index is 754. The molecule has 0 unspecified atom stereocenters. The number of nitrogens with zero attached hydrogens (tertiary/aromatic N) is 2. The van der Waals surface area contributed by atoms with Crippen molar-refractivity contribution in [3.63, 3.8) is 0 Å². The molecular weight excluding hydrogens is 304 g/mol. The second-order valence-corrected chi connectivity index (χ2v) is 6.32. The Morgan fingerprint density at radius 2 is 1.58 bits per heavy atom. The number of para-hydroxylation sites is 2. The van der Waals surface area contributed by atoms with Gasteiger partial charge in [0.15, 0.2) is 0 Å². The first kappa shape index (κ1) is 17.7. The zero-order valence-corrected chi connectivity index (χ0v) is 14.4. The van der Waals surface area contributed by atoms with E-state index in [1.807, 2.05) is 18.2 Å². The number of nitro benzene ring substituents is 1. The zero-order chi connectivity index (χ0) is 17.9. The summed E-state index contributed by atoms with van der Waals surface area (Å²) in [7, 11) is 0. The Hall–Kier alpha value is -2.69. The van der Waals surface area contributed by atoms with Crippen molar-refractivity contribution in [3.05, 3.63) is 63.2 Å². The predicted molar refractivity (Wildman–Crippen MR) is 96.6 cm³/mol. The minimum absolute atomic E-state index is 0.301. The maximum atomic E-state index is 10.9. The number of rotatable bonds is 5. The fourth-order valence-corrected chi connectivity index (χ4v) is 2.60. The average Bonchev–Trinajstić information content (AvgIpc) is 2.53. The molecule has 2 aromatic carbocycles. The Balaban J connectivity index is 2.54. The van der Waals surface area contributed by atoms with Crippen LogP contribution < -0.4 is 0 Å². The smallest absolute Gasteiger partial charge is 0.311 e. The van der Waals surface area contributed by atoms with E-state index in [-0.39, 0.29) is 11.4 Å². The van der Waals surface area contributed by atoms with Gasteiger partial charge in [-0.15, -0.1) is 0 Å². The van der Waals surface area contributed by atoms with Gasteiger partial charge in [0.05, 0.1) is 10.6 Å². The molecule has 2 aromatic rings. The minimum Gasteiger partial charge on any atom is -0.502 e. The minimum atomic E-state index is -0.603. The molecule has 1 N–H and O–H groups in total. The molecular formula is C19H22N2O3. The van der Waals surface area contributed by atoms with Crippen molar-refractivity contribution in [1.29, 1.82) is 0 Å². The lowest BCUT2D eigenvalue weighted by molar-refractivity contribution is -0.385. The molecule has 0 aliphatic rings. The van der Waals surface area contributed by atoms with Crippen molar-refractivity contribution in [2.75, 3.05) is 0 Å². The van der Waals surface area contributed by atoms with Gasteiger partial charge in [-0.1, -0.05) is 52.0 Å². The third-order valence-corrected chi connectivity index (χ3v) is 3.92. The van der Waals surface area contributed by atoms with Gasteiger partial charge in [0, 0.05) is 17.8 Å². The molecule has 0 amide bonds. The van der Waals surface area contributed by atoms with Crippen molar-refractivity contribution in [2.24, 2.45) is 4.99 Å². The summed E-state index contributed by atoms with van der Waals surface area (Å²) >= 11 is 0. The highest BCUT2D eigenvalue weighted by Gasteiger charge is 2.16. The molecule has 5 nitrogen and oxygen atoms in total. The normalized spacial score (nSPS) is 11.6. The molecule has 0 fully saturated rings. The first-order valence-corrected chi connectivity index (χ1v) is 7.96. The van der Waals surface area contributed by atoms with E-state index in [0.29, 0.717) is 17.4 Å². The Kier molecular flexibility index (Phi) is 5.34. The highest BCUT2D eigenvalue weighted by molar-refractivity contribution is 5.88. The third kappa shape index (κ3) is 3.62. The van der Waals surface area contributed by atoms with Gasteiger partial charge in [-0.3, -0.25) is 15.1 Å². The molecule has 0 saturated heterocycles. The summed E-state index contributed by atoms with van der Waals surface area (Å²) in [5.41, 5.74) is 3.11. The topological polar surface area (TPSA) is 75.7 Å². The van der Waals surface area contributed by atoms with Crippen LogP contribution in [-0.4, -0.2) is 16.2 Å². The average molecular weight is 326 g/mol. The van der Waals surface area contributed by atoms with Gasteiger partial charge in [0.25, 0.3) is 0 Å². The SMILES string of the molecule is CC(C)c1cccc(C(C)C)c1N=Cc1cccc([N+](=O)[O-])c1O. The molecule has 2 rings (SSSR count). The van der Waals surface area contributed by atoms with Crippen LogP contribution in [0.15, 0.2) is 41.4 Å². The first-order chi connectivity index (χ1) is 11.3. The molecule has 24 heavy (non-hydrogen) atoms. The molecule has 0 atom stereocenters. The predicted octanol–water partition coefficient (Wildman–Crippen LogP) is 5.30. The highest BCUT2D eigenvalue weighted by atomic mass is 16.6. The fraction of sp³-hybridized carbons (Fsp3) is 0.316. The van der Waals surface area contributed by atoms with E-state index in [0.717, 1.165) is 16.8 Å². The molecule has 0 bridgehead atoms. The van der Waals surface area contributed by atoms with E-state index < -0.39 is 4.92 Å². The summed E-state index contributed by atoms with van der Waals surface area (Å²) in [6, 6.07) is 10.5. The standard InChI is InChI=1S/C19H22N2O3/c1-12(2)15-8-6-9-16(13(3)4)18(15)20-11-14-7-5-10-17(19(14)22)21(23)24/h5-13,22H,1-4H3. The Labute approximate surface area is 141 Å². The molecule has 0 heterocycles. The van der Waals surface area contributed by atoms with Gasteiger partial charge in [-0.2, -0.15) is 0 Å². The molecule has 0 aromatic heterocycles. The van der Waals surface area contributed by atoms with E-state index in [9.17, 15) is 15.2 Å². The van der Waals surface area contributed by atoms with Crippen LogP contribution >= 0.6 is 0 Å². The van der Waals surface area contributed by atoms with Crippen molar-refractivity contribution < 1.29 is 10.0 Å². The van der Waals surface area contributed by atoms with Crippen LogP contribution in [0.2, 0.25) is 0 Å². The summed E-state index contributed by atoms with van der Waals surface area (Å²) in [6.07, 6.45) is 1.50. The van der Waals surface area contributed by atoms with Gasteiger partial charge in [0.1, 0.15) is 0 Å². The lowest BCUT2D eigenvalue weighted by Gasteiger charge is -2.16. The fourth-order valence-electron chi connectivity index (χ4n) is 2.60. The maximum absolute atomic E-state index is 10.9. The molecule has 0 radical (unpaired) electrons. The maximum Gasteiger partial charge on any atom is 0.311 e. The number of hydrogen-bond acceptors (Lipinski definition) is 4. The molecule has 0 saturated carbocycles. The largest absolute Gasteiger partial charge is 0.502 e. The van der Waals surface area contributed by atoms with Gasteiger partial charge in [0.2, 0.25) is 5.75 Å². The molecule has 0 aliphatic carbocycles. The van der Waals surface area contributed by atoms with Gasteiger partial charge in [-0.25, -0.2) is 0 Å². The number of aliphatic imine (C=N–C) groups is 1. The number of benzene rings is 2. The quantitative estimate of drug-likeness (QED) is 0.460. The van der Waals surface area contributed by atoms with Crippen LogP contribution in [0.5, 0.6) is 5.75 Å². The monoisotopic (exact) mass is 326 g/mol. The summed E-state index contributed by atoms with van der Waals surface area (Å²) in [6.45, 7) is 8.40. The third-order valence-electron chi connectivity index (χ3n) is 3.92. The van der Waals surface area contributed by atoms with Crippen molar-refractivity contribution in [1.82, 2.24) is 0 Å². The zero-order valence-electron chi connectivity index (χ0n) is 14.4. The molecule has 126 valence electrons. The summed E-state index contributed by atoms with van der Waals surface area (Å²) in [4.78, 5) is 14.9. The Morgan fingerprint density at radius 1 is 1.04 bits per heavy atom. The summed E-state index contributed by atoms with van der Waals surface area (Å²) in [5, 5.41) is 21.0. The summed E-state index contributed by atoms with van der Waals surface area (Å²) < 4.78 is 0. The van der Waals surface area contributed by atoms with Gasteiger partial charge >= 0.3 is 5.69 Å². The highest BCUT2D eigenvalue weighted by Crippen LogP contribution is 2.35. The van der Waals surface area contributed by atoms with Crippen LogP contribution in [0.3, 0.4) is 0 Å². The first-order valence-electron chi connectivity index (χ1n) is 7.96. The van der Waals surface area contributed by atoms with E-state index in [1.165, 1.54) is 18.3 Å². The molecule has 0 aliphatic heterocycles. The number of hydrogen-bond donors (Lipinski definition) is 1. The number of aromatic hydroxyl groups is 1. The number of phenolic OH excluding ortho intramolecular Hbond substituents is 1. The van der Waals surface area contributed by atoms with Crippen LogP contribution in [0, 0.1) is 10.1 Å². The van der Waals surface area contributed by atoms with E-state index >= 15 is 0 Å². The van der Waals surface area contributed by atoms with Crippen molar-refractivity contribution in [2.45, 2.75) is 39.5 Å². The van der Waals surface area contributed by atoms with Gasteiger partial charge in [-0.05, 0) is 29.0 Å². The lowest BCUT2D eigenvalue weighted by Crippen LogP contribution is -1.96. The summed E-state index contributed by atoms with van der Waals surface area (Å²) in [5.74, 6) is 0.239. The lowest BCUT2D eigenvalue weighted by atomic mass is 9.93. The molecule has 5 heteroatoms. The van der Waals surface area contributed by atoms with E-state index in [2.05, 4.69) is 32.7 Å². The van der Waals surface area contributed by atoms with Gasteiger partial charge < -0.3 is 5.11 Å². The van der Waals surface area contributed by atoms with E-state index in [1.54, 1.807) is 6.07 Å². The van der Waals surface area contributed by atoms with Crippen LogP contribution in [-0.2, 0) is 0 Å². The van der Waals surface area contributed by atoms with Crippen LogP contribution in [0.4, 0.5) is 11.4 Å². The Morgan fingerprint density at radius 3 is 2.08 bits per heavy atom. The second-order valence-electron chi connectivity index (χ2n) is 6.32.